The van der Waals surface area contributed by atoms with Crippen LogP contribution in [0.4, 0.5) is 0 Å². The first-order chi connectivity index (χ1) is 11.3. The highest BCUT2D eigenvalue weighted by Gasteiger charge is 2.38. The van der Waals surface area contributed by atoms with Crippen LogP contribution >= 0.6 is 0 Å². The van der Waals surface area contributed by atoms with E-state index in [1.54, 1.807) is 0 Å². The summed E-state index contributed by atoms with van der Waals surface area (Å²) in [4.78, 5) is 0. The first-order valence-corrected chi connectivity index (χ1v) is 7.63. The first-order valence-electron chi connectivity index (χ1n) is 7.63. The molecule has 0 saturated heterocycles. The van der Waals surface area contributed by atoms with E-state index in [-0.39, 0.29) is 12.1 Å². The van der Waals surface area contributed by atoms with Crippen LogP contribution in [0.5, 0.6) is 0 Å². The van der Waals surface area contributed by atoms with Crippen LogP contribution in [0.1, 0.15) is 0 Å². The summed E-state index contributed by atoms with van der Waals surface area (Å²) in [6.45, 7) is -1.96. The van der Waals surface area contributed by atoms with Crippen LogP contribution in [0.15, 0.2) is 11.6 Å². The van der Waals surface area contributed by atoms with Crippen molar-refractivity contribution in [3.8, 4) is 0 Å². The topological polar surface area (TPSA) is 194 Å². The van der Waals surface area contributed by atoms with Gasteiger partial charge in [-0.25, -0.2) is 0 Å². The molecule has 0 aromatic heterocycles. The third kappa shape index (κ3) is 4.92. The maximum absolute atomic E-state index is 9.94. The minimum Gasteiger partial charge on any atom is -0.396 e. The van der Waals surface area contributed by atoms with Crippen molar-refractivity contribution in [2.75, 3.05) is 26.4 Å². The highest BCUT2D eigenvalue weighted by atomic mass is 16.4. The fraction of sp³-hybridized carbons (Fsp3) is 0.857. The van der Waals surface area contributed by atoms with E-state index in [2.05, 4.69) is 5.32 Å². The minimum atomic E-state index is -1.68. The third-order valence-corrected chi connectivity index (χ3v) is 4.26. The summed E-state index contributed by atoms with van der Waals surface area (Å²) in [7, 11) is 0. The maximum atomic E-state index is 9.94. The van der Waals surface area contributed by atoms with Crippen molar-refractivity contribution in [1.29, 1.82) is 0 Å². The van der Waals surface area contributed by atoms with Gasteiger partial charge >= 0.3 is 0 Å². The lowest BCUT2D eigenvalue weighted by Gasteiger charge is -2.36. The van der Waals surface area contributed by atoms with E-state index in [9.17, 15) is 35.7 Å². The van der Waals surface area contributed by atoms with Crippen molar-refractivity contribution < 1.29 is 46.0 Å². The van der Waals surface area contributed by atoms with Crippen LogP contribution in [0.3, 0.4) is 0 Å². The monoisotopic (exact) mass is 353 g/mol. The number of hydrogen-bond acceptors (Lipinski definition) is 10. The van der Waals surface area contributed by atoms with E-state index < -0.39 is 68.4 Å². The molecule has 8 atom stereocenters. The lowest BCUT2D eigenvalue weighted by molar-refractivity contribution is -0.102. The molecule has 142 valence electrons. The molecule has 0 bridgehead atoms. The molecule has 0 radical (unpaired) electrons. The Balaban J connectivity index is 2.72. The van der Waals surface area contributed by atoms with E-state index >= 15 is 0 Å². The molecule has 0 spiro atoms. The van der Waals surface area contributed by atoms with Crippen LogP contribution in [0, 0.1) is 5.92 Å². The summed E-state index contributed by atoms with van der Waals surface area (Å²) >= 11 is 0. The Kier molecular flexibility index (Phi) is 8.67. The van der Waals surface area contributed by atoms with Crippen molar-refractivity contribution >= 4 is 0 Å². The minimum absolute atomic E-state index is 0.113. The lowest BCUT2D eigenvalue weighted by Crippen LogP contribution is -2.56. The van der Waals surface area contributed by atoms with Crippen LogP contribution in [-0.4, -0.2) is 115 Å². The van der Waals surface area contributed by atoms with Crippen LogP contribution in [0.25, 0.3) is 0 Å². The van der Waals surface area contributed by atoms with Gasteiger partial charge in [0.05, 0.1) is 25.4 Å². The molecule has 0 aliphatic heterocycles. The number of rotatable bonds is 9. The molecule has 8 unspecified atom stereocenters. The molecule has 24 heavy (non-hydrogen) atoms. The zero-order chi connectivity index (χ0) is 18.4. The van der Waals surface area contributed by atoms with Gasteiger partial charge in [0.1, 0.15) is 30.5 Å². The summed E-state index contributed by atoms with van der Waals surface area (Å²) in [6.07, 6.45) is -7.78. The molecule has 0 heterocycles. The van der Waals surface area contributed by atoms with Gasteiger partial charge in [-0.05, 0) is 5.57 Å². The SMILES string of the molecule is OCC1=CC(NCC(CO)C(O)C(O)C(O)CO)C(O)C(O)C1O. The fourth-order valence-electron chi connectivity index (χ4n) is 2.57. The van der Waals surface area contributed by atoms with Gasteiger partial charge in [-0.1, -0.05) is 6.08 Å². The molecule has 10 nitrogen and oxygen atoms in total. The Labute approximate surface area is 138 Å². The second-order valence-electron chi connectivity index (χ2n) is 5.93. The molecule has 1 aliphatic carbocycles. The largest absolute Gasteiger partial charge is 0.396 e. The molecule has 1 rings (SSSR count). The Bertz CT molecular complexity index is 408. The van der Waals surface area contributed by atoms with E-state index in [1.807, 2.05) is 0 Å². The second-order valence-corrected chi connectivity index (χ2v) is 5.93. The van der Waals surface area contributed by atoms with Gasteiger partial charge in [0, 0.05) is 19.1 Å². The second kappa shape index (κ2) is 9.73. The zero-order valence-electron chi connectivity index (χ0n) is 13.0. The zero-order valence-corrected chi connectivity index (χ0v) is 13.0. The first kappa shape index (κ1) is 21.4. The number of nitrogens with one attached hydrogen (secondary N) is 1. The molecule has 0 amide bonds. The van der Waals surface area contributed by atoms with Crippen LogP contribution < -0.4 is 5.32 Å². The van der Waals surface area contributed by atoms with Crippen molar-refractivity contribution in [3.05, 3.63) is 11.6 Å². The lowest BCUT2D eigenvalue weighted by atomic mass is 9.87. The van der Waals surface area contributed by atoms with Gasteiger partial charge in [-0.3, -0.25) is 0 Å². The Morgan fingerprint density at radius 3 is 2.04 bits per heavy atom. The molecule has 0 aromatic carbocycles. The third-order valence-electron chi connectivity index (χ3n) is 4.26. The average molecular weight is 353 g/mol. The summed E-state index contributed by atoms with van der Waals surface area (Å²) in [5, 5.41) is 88.3. The fourth-order valence-corrected chi connectivity index (χ4v) is 2.57. The number of hydrogen-bond donors (Lipinski definition) is 10. The molecule has 0 fully saturated rings. The Morgan fingerprint density at radius 2 is 1.54 bits per heavy atom. The predicted octanol–water partition coefficient (Wildman–Crippen LogP) is -5.36. The van der Waals surface area contributed by atoms with Gasteiger partial charge < -0.3 is 51.3 Å². The number of aliphatic hydroxyl groups excluding tert-OH is 9. The molecule has 0 aromatic rings. The van der Waals surface area contributed by atoms with Gasteiger partial charge in [0.15, 0.2) is 0 Å². The normalized spacial score (nSPS) is 32.8. The van der Waals surface area contributed by atoms with Crippen molar-refractivity contribution in [2.45, 2.75) is 42.7 Å². The molecule has 10 N–H and O–H groups in total. The van der Waals surface area contributed by atoms with Gasteiger partial charge in [-0.2, -0.15) is 0 Å². The van der Waals surface area contributed by atoms with E-state index in [4.69, 9.17) is 10.2 Å². The van der Waals surface area contributed by atoms with Crippen LogP contribution in [-0.2, 0) is 0 Å². The number of aliphatic hydroxyl groups is 9. The van der Waals surface area contributed by atoms with Gasteiger partial charge in [0.2, 0.25) is 0 Å². The molecule has 10 heteroatoms. The summed E-state index contributed by atoms with van der Waals surface area (Å²) in [6, 6.07) is -0.869. The highest BCUT2D eigenvalue weighted by Crippen LogP contribution is 2.20. The maximum Gasteiger partial charge on any atom is 0.111 e. The van der Waals surface area contributed by atoms with Crippen molar-refractivity contribution in [2.24, 2.45) is 5.92 Å². The molecular formula is C14H27NO9. The van der Waals surface area contributed by atoms with Gasteiger partial charge in [0.25, 0.3) is 0 Å². The quantitative estimate of drug-likeness (QED) is 0.179. The van der Waals surface area contributed by atoms with Crippen LogP contribution in [0.2, 0.25) is 0 Å². The Hall–Kier alpha value is -0.660. The molecule has 0 saturated carbocycles. The molecule has 1 aliphatic rings. The smallest absolute Gasteiger partial charge is 0.111 e. The average Bonchev–Trinajstić information content (AvgIpc) is 2.60. The highest BCUT2D eigenvalue weighted by molar-refractivity contribution is 5.21. The van der Waals surface area contributed by atoms with E-state index in [1.165, 1.54) is 6.08 Å². The summed E-state index contributed by atoms with van der Waals surface area (Å²) < 4.78 is 0. The van der Waals surface area contributed by atoms with Gasteiger partial charge in [-0.15, -0.1) is 0 Å². The Morgan fingerprint density at radius 1 is 0.917 bits per heavy atom. The standard InChI is InChI=1S/C14H27NO9/c16-3-6-1-8(12(22)14(24)10(6)20)15-2-7(4-17)11(21)13(23)9(19)5-18/h1,7-24H,2-5H2. The van der Waals surface area contributed by atoms with Crippen molar-refractivity contribution in [3.63, 3.8) is 0 Å². The van der Waals surface area contributed by atoms with E-state index in [0.29, 0.717) is 0 Å². The summed E-state index contributed by atoms with van der Waals surface area (Å²) in [5.41, 5.74) is 0.113. The molecular weight excluding hydrogens is 326 g/mol. The van der Waals surface area contributed by atoms with E-state index in [0.717, 1.165) is 0 Å². The predicted molar refractivity (Wildman–Crippen MR) is 80.7 cm³/mol. The van der Waals surface area contributed by atoms with Crippen molar-refractivity contribution in [1.82, 2.24) is 5.32 Å². The summed E-state index contributed by atoms with van der Waals surface area (Å²) in [5.74, 6) is -0.941.